The number of thiophene rings is 1. The number of carbonyl (C=O) groups is 2. The summed E-state index contributed by atoms with van der Waals surface area (Å²) < 4.78 is 4.79. The molecule has 0 saturated carbocycles. The van der Waals surface area contributed by atoms with Gasteiger partial charge in [-0.3, -0.25) is 9.78 Å². The number of ether oxygens (including phenoxy) is 1. The highest BCUT2D eigenvalue weighted by Gasteiger charge is 2.19. The first-order chi connectivity index (χ1) is 14.1. The van der Waals surface area contributed by atoms with Gasteiger partial charge in [-0.2, -0.15) is 0 Å². The second kappa shape index (κ2) is 7.81. The fourth-order valence-corrected chi connectivity index (χ4v) is 3.81. The maximum atomic E-state index is 13.2. The monoisotopic (exact) mass is 403 g/mol. The molecule has 0 fully saturated rings. The van der Waals surface area contributed by atoms with Gasteiger partial charge in [-0.15, -0.1) is 11.3 Å². The van der Waals surface area contributed by atoms with Gasteiger partial charge in [-0.25, -0.2) is 9.78 Å². The van der Waals surface area contributed by atoms with Crippen LogP contribution in [-0.4, -0.2) is 29.0 Å². The lowest BCUT2D eigenvalue weighted by atomic mass is 10.0. The highest BCUT2D eigenvalue weighted by atomic mass is 32.1. The lowest BCUT2D eigenvalue weighted by Crippen LogP contribution is -2.15. The van der Waals surface area contributed by atoms with Crippen molar-refractivity contribution in [3.63, 3.8) is 0 Å². The van der Waals surface area contributed by atoms with Gasteiger partial charge in [0.25, 0.3) is 5.91 Å². The van der Waals surface area contributed by atoms with Gasteiger partial charge in [0.05, 0.1) is 29.6 Å². The molecule has 29 heavy (non-hydrogen) atoms. The van der Waals surface area contributed by atoms with Crippen molar-refractivity contribution in [2.45, 2.75) is 6.92 Å². The van der Waals surface area contributed by atoms with Gasteiger partial charge in [0.15, 0.2) is 0 Å². The third-order valence-electron chi connectivity index (χ3n) is 4.47. The summed E-state index contributed by atoms with van der Waals surface area (Å²) in [5, 5.41) is 5.32. The van der Waals surface area contributed by atoms with Crippen LogP contribution in [0.3, 0.4) is 0 Å². The molecule has 1 N–H and O–H groups in total. The molecule has 0 unspecified atom stereocenters. The van der Waals surface area contributed by atoms with Gasteiger partial charge >= 0.3 is 5.97 Å². The summed E-state index contributed by atoms with van der Waals surface area (Å²) in [4.78, 5) is 34.2. The zero-order chi connectivity index (χ0) is 20.4. The third kappa shape index (κ3) is 3.72. The molecular formula is C22H17N3O3S. The number of hydrogen-bond acceptors (Lipinski definition) is 6. The average Bonchev–Trinajstić information content (AvgIpc) is 3.21. The molecule has 0 radical (unpaired) electrons. The molecule has 3 aromatic heterocycles. The van der Waals surface area contributed by atoms with Crippen LogP contribution in [0.5, 0.6) is 0 Å². The molecule has 4 rings (SSSR count). The maximum absolute atomic E-state index is 13.2. The summed E-state index contributed by atoms with van der Waals surface area (Å²) in [6.45, 7) is 1.96. The number of hydrogen-bond donors (Lipinski definition) is 1. The first-order valence-corrected chi connectivity index (χ1v) is 9.74. The fourth-order valence-electron chi connectivity index (χ4n) is 3.05. The number of aryl methyl sites for hydroxylation is 1. The van der Waals surface area contributed by atoms with Crippen LogP contribution in [0.4, 0.5) is 5.69 Å². The second-order valence-corrected chi connectivity index (χ2v) is 7.34. The maximum Gasteiger partial charge on any atom is 0.350 e. The van der Waals surface area contributed by atoms with E-state index in [0.717, 1.165) is 16.5 Å². The average molecular weight is 403 g/mol. The summed E-state index contributed by atoms with van der Waals surface area (Å²) in [5.74, 6) is -0.801. The Labute approximate surface area is 171 Å². The quantitative estimate of drug-likeness (QED) is 0.499. The number of pyridine rings is 2. The number of rotatable bonds is 4. The second-order valence-electron chi connectivity index (χ2n) is 6.42. The number of benzene rings is 1. The fraction of sp³-hybridized carbons (Fsp3) is 0.0909. The van der Waals surface area contributed by atoms with E-state index in [0.29, 0.717) is 27.3 Å². The molecule has 0 spiro atoms. The molecular weight excluding hydrogens is 386 g/mol. The molecule has 1 amide bonds. The van der Waals surface area contributed by atoms with E-state index in [9.17, 15) is 9.59 Å². The third-order valence-corrected chi connectivity index (χ3v) is 5.36. The first-order valence-electron chi connectivity index (χ1n) is 8.86. The summed E-state index contributed by atoms with van der Waals surface area (Å²) in [7, 11) is 1.31. The normalized spacial score (nSPS) is 10.7. The Kier molecular flexibility index (Phi) is 5.05. The van der Waals surface area contributed by atoms with Crippen molar-refractivity contribution in [1.29, 1.82) is 0 Å². The summed E-state index contributed by atoms with van der Waals surface area (Å²) in [5.41, 5.74) is 4.18. The van der Waals surface area contributed by atoms with Gasteiger partial charge in [-0.05, 0) is 48.7 Å². The van der Waals surface area contributed by atoms with Crippen LogP contribution < -0.4 is 5.32 Å². The van der Waals surface area contributed by atoms with E-state index < -0.39 is 5.97 Å². The van der Waals surface area contributed by atoms with E-state index in [4.69, 9.17) is 9.72 Å². The van der Waals surface area contributed by atoms with Crippen molar-refractivity contribution in [3.8, 4) is 11.3 Å². The molecule has 4 aromatic rings. The number of nitrogens with one attached hydrogen (secondary N) is 1. The van der Waals surface area contributed by atoms with Gasteiger partial charge < -0.3 is 10.1 Å². The Balaban J connectivity index is 1.81. The summed E-state index contributed by atoms with van der Waals surface area (Å²) in [6, 6.07) is 12.9. The number of esters is 1. The number of aromatic nitrogens is 2. The topological polar surface area (TPSA) is 81.2 Å². The van der Waals surface area contributed by atoms with E-state index in [1.807, 2.05) is 37.3 Å². The number of fused-ring (bicyclic) bond motifs is 1. The highest BCUT2D eigenvalue weighted by molar-refractivity contribution is 7.12. The van der Waals surface area contributed by atoms with Gasteiger partial charge in [0.1, 0.15) is 4.88 Å². The van der Waals surface area contributed by atoms with Crippen molar-refractivity contribution in [2.24, 2.45) is 0 Å². The Morgan fingerprint density at radius 1 is 1.07 bits per heavy atom. The van der Waals surface area contributed by atoms with E-state index in [1.54, 1.807) is 29.9 Å². The van der Waals surface area contributed by atoms with Gasteiger partial charge in [0.2, 0.25) is 0 Å². The smallest absolute Gasteiger partial charge is 0.350 e. The molecule has 3 heterocycles. The zero-order valence-electron chi connectivity index (χ0n) is 15.8. The SMILES string of the molecule is COC(=O)c1sccc1NC(=O)c1cc(-c2ccncc2)nc2ccc(C)cc12. The number of amides is 1. The lowest BCUT2D eigenvalue weighted by molar-refractivity contribution is 0.0607. The van der Waals surface area contributed by atoms with E-state index in [-0.39, 0.29) is 5.91 Å². The molecule has 0 aliphatic rings. The number of nitrogens with zero attached hydrogens (tertiary/aromatic N) is 2. The Morgan fingerprint density at radius 3 is 2.62 bits per heavy atom. The van der Waals surface area contributed by atoms with Crippen LogP contribution in [0.15, 0.2) is 60.2 Å². The van der Waals surface area contributed by atoms with Crippen molar-refractivity contribution in [1.82, 2.24) is 9.97 Å². The molecule has 0 aliphatic heterocycles. The molecule has 144 valence electrons. The number of anilines is 1. The molecule has 0 bridgehead atoms. The van der Waals surface area contributed by atoms with Crippen molar-refractivity contribution in [3.05, 3.63) is 76.2 Å². The zero-order valence-corrected chi connectivity index (χ0v) is 16.6. The largest absolute Gasteiger partial charge is 0.465 e. The van der Waals surface area contributed by atoms with E-state index >= 15 is 0 Å². The summed E-state index contributed by atoms with van der Waals surface area (Å²) in [6.07, 6.45) is 3.37. The Bertz CT molecular complexity index is 1220. The first kappa shape index (κ1) is 18.8. The Hall–Kier alpha value is -3.58. The number of methoxy groups -OCH3 is 1. The standard InChI is InChI=1S/C22H17N3O3S/c1-13-3-4-17-15(11-13)16(12-19(24-17)14-5-8-23-9-6-14)21(26)25-18-7-10-29-20(18)22(27)28-2/h3-12H,1-2H3,(H,25,26). The molecule has 6 nitrogen and oxygen atoms in total. The molecule has 7 heteroatoms. The molecule has 0 aliphatic carbocycles. The van der Waals surface area contributed by atoms with Crippen molar-refractivity contribution < 1.29 is 14.3 Å². The Morgan fingerprint density at radius 2 is 1.86 bits per heavy atom. The predicted octanol–water partition coefficient (Wildman–Crippen LogP) is 4.71. The van der Waals surface area contributed by atoms with Crippen LogP contribution in [0.2, 0.25) is 0 Å². The van der Waals surface area contributed by atoms with Crippen molar-refractivity contribution >= 4 is 39.8 Å². The predicted molar refractivity (Wildman–Crippen MR) is 113 cm³/mol. The molecule has 0 atom stereocenters. The van der Waals surface area contributed by atoms with Gasteiger partial charge in [0, 0.05) is 23.3 Å². The van der Waals surface area contributed by atoms with Gasteiger partial charge in [-0.1, -0.05) is 11.6 Å². The van der Waals surface area contributed by atoms with Crippen LogP contribution in [0.25, 0.3) is 22.2 Å². The lowest BCUT2D eigenvalue weighted by Gasteiger charge is -2.11. The minimum atomic E-state index is -0.483. The van der Waals surface area contributed by atoms with Crippen LogP contribution in [0.1, 0.15) is 25.6 Å². The molecule has 0 saturated heterocycles. The van der Waals surface area contributed by atoms with E-state index in [2.05, 4.69) is 10.3 Å². The van der Waals surface area contributed by atoms with Crippen LogP contribution in [0, 0.1) is 6.92 Å². The van der Waals surface area contributed by atoms with Crippen LogP contribution in [-0.2, 0) is 4.74 Å². The minimum Gasteiger partial charge on any atom is -0.465 e. The van der Waals surface area contributed by atoms with Crippen molar-refractivity contribution in [2.75, 3.05) is 12.4 Å². The summed E-state index contributed by atoms with van der Waals surface area (Å²) >= 11 is 1.22. The van der Waals surface area contributed by atoms with Crippen LogP contribution >= 0.6 is 11.3 Å². The minimum absolute atomic E-state index is 0.318. The number of carbonyl (C=O) groups excluding carboxylic acids is 2. The highest BCUT2D eigenvalue weighted by Crippen LogP contribution is 2.28. The van der Waals surface area contributed by atoms with E-state index in [1.165, 1.54) is 18.4 Å². The molecule has 1 aromatic carbocycles.